The van der Waals surface area contributed by atoms with Crippen molar-refractivity contribution in [3.63, 3.8) is 0 Å². The molecule has 190 valence electrons. The number of aryl methyl sites for hydroxylation is 1. The van der Waals surface area contributed by atoms with Crippen molar-refractivity contribution in [2.75, 3.05) is 17.2 Å². The summed E-state index contributed by atoms with van der Waals surface area (Å²) < 4.78 is 7.49. The van der Waals surface area contributed by atoms with Crippen LogP contribution in [0.25, 0.3) is 22.2 Å². The average Bonchev–Trinajstić information content (AvgIpc) is 3.55. The number of anilines is 2. The van der Waals surface area contributed by atoms with Crippen LogP contribution in [0.2, 0.25) is 0 Å². The van der Waals surface area contributed by atoms with Gasteiger partial charge in [-0.25, -0.2) is 5.10 Å². The van der Waals surface area contributed by atoms with Crippen LogP contribution in [0.3, 0.4) is 0 Å². The predicted molar refractivity (Wildman–Crippen MR) is 146 cm³/mol. The molecule has 3 N–H and O–H groups in total. The minimum Gasteiger partial charge on any atom is -0.457 e. The number of para-hydroxylation sites is 1. The number of fused-ring (bicyclic) bond motifs is 2. The number of carbonyl (C=O) groups excluding carboxylic acids is 1. The summed E-state index contributed by atoms with van der Waals surface area (Å²) in [4.78, 5) is 27.5. The van der Waals surface area contributed by atoms with E-state index >= 15 is 0 Å². The third-order valence-corrected chi connectivity index (χ3v) is 6.81. The molecule has 38 heavy (non-hydrogen) atoms. The standard InChI is InChI=1S/C29H26N6O3/c1-2-35-27-25(28(30)31-32-29(27)37)26(33-35)20-10-13-23-19(17-20)14-15-34(23)24(36)16-18-8-11-22(12-9-18)38-21-6-4-3-5-7-21/h3-13,17H,2,14-16H2,1H3,(H2,30,31)(H,32,37). The SMILES string of the molecule is CCn1nc(-c2ccc3c(c2)CCN3C(=O)Cc2ccc(Oc3ccccc3)cc2)c2c(N)n[nH]c(=O)c21. The van der Waals surface area contributed by atoms with Crippen LogP contribution in [-0.4, -0.2) is 32.4 Å². The highest BCUT2D eigenvalue weighted by Crippen LogP contribution is 2.35. The van der Waals surface area contributed by atoms with E-state index in [9.17, 15) is 9.59 Å². The normalized spacial score (nSPS) is 12.6. The molecule has 0 atom stereocenters. The number of nitrogens with one attached hydrogen (secondary N) is 1. The fraction of sp³-hybridized carbons (Fsp3) is 0.172. The molecule has 5 aromatic rings. The van der Waals surface area contributed by atoms with Gasteiger partial charge in [-0.05, 0) is 60.9 Å². The van der Waals surface area contributed by atoms with Gasteiger partial charge in [0.25, 0.3) is 5.56 Å². The summed E-state index contributed by atoms with van der Waals surface area (Å²) >= 11 is 0. The van der Waals surface area contributed by atoms with Gasteiger partial charge in [0.1, 0.15) is 22.7 Å². The fourth-order valence-corrected chi connectivity index (χ4v) is 4.96. The molecule has 0 aliphatic carbocycles. The Hall–Kier alpha value is -4.92. The smallest absolute Gasteiger partial charge is 0.290 e. The lowest BCUT2D eigenvalue weighted by molar-refractivity contribution is -0.117. The number of rotatable bonds is 6. The number of aromatic nitrogens is 4. The van der Waals surface area contributed by atoms with E-state index < -0.39 is 0 Å². The first-order valence-corrected chi connectivity index (χ1v) is 12.5. The van der Waals surface area contributed by atoms with Crippen molar-refractivity contribution in [3.8, 4) is 22.8 Å². The van der Waals surface area contributed by atoms with E-state index in [1.54, 1.807) is 4.68 Å². The van der Waals surface area contributed by atoms with E-state index in [-0.39, 0.29) is 17.3 Å². The van der Waals surface area contributed by atoms with Crippen molar-refractivity contribution < 1.29 is 9.53 Å². The van der Waals surface area contributed by atoms with Crippen molar-refractivity contribution in [1.29, 1.82) is 0 Å². The Bertz CT molecular complexity index is 1710. The summed E-state index contributed by atoms with van der Waals surface area (Å²) in [6.07, 6.45) is 1.03. The molecule has 0 saturated carbocycles. The van der Waals surface area contributed by atoms with Gasteiger partial charge in [-0.2, -0.15) is 10.2 Å². The zero-order chi connectivity index (χ0) is 26.2. The predicted octanol–water partition coefficient (Wildman–Crippen LogP) is 4.31. The van der Waals surface area contributed by atoms with Crippen LogP contribution in [0.15, 0.2) is 77.6 Å². The number of aromatic amines is 1. The van der Waals surface area contributed by atoms with E-state index in [1.807, 2.05) is 84.6 Å². The Kier molecular flexibility index (Phi) is 5.88. The van der Waals surface area contributed by atoms with Crippen LogP contribution in [0.4, 0.5) is 11.5 Å². The zero-order valence-corrected chi connectivity index (χ0v) is 20.8. The molecule has 0 radical (unpaired) electrons. The molecule has 0 saturated heterocycles. The summed E-state index contributed by atoms with van der Waals surface area (Å²) in [6, 6.07) is 23.1. The Morgan fingerprint density at radius 2 is 1.82 bits per heavy atom. The van der Waals surface area contributed by atoms with Crippen LogP contribution >= 0.6 is 0 Å². The van der Waals surface area contributed by atoms with Gasteiger partial charge >= 0.3 is 0 Å². The molecule has 0 unspecified atom stereocenters. The molecule has 9 nitrogen and oxygen atoms in total. The number of nitrogens with two attached hydrogens (primary N) is 1. The lowest BCUT2D eigenvalue weighted by Crippen LogP contribution is -2.30. The van der Waals surface area contributed by atoms with Crippen LogP contribution in [0, 0.1) is 0 Å². The molecule has 0 bridgehead atoms. The summed E-state index contributed by atoms with van der Waals surface area (Å²) in [7, 11) is 0. The maximum absolute atomic E-state index is 13.2. The van der Waals surface area contributed by atoms with Gasteiger partial charge in [0.2, 0.25) is 5.91 Å². The highest BCUT2D eigenvalue weighted by atomic mass is 16.5. The first kappa shape index (κ1) is 23.5. The van der Waals surface area contributed by atoms with Crippen LogP contribution in [-0.2, 0) is 24.2 Å². The molecule has 1 aliphatic heterocycles. The first-order chi connectivity index (χ1) is 18.5. The monoisotopic (exact) mass is 506 g/mol. The largest absolute Gasteiger partial charge is 0.457 e. The molecule has 3 heterocycles. The number of benzene rings is 3. The summed E-state index contributed by atoms with van der Waals surface area (Å²) in [5, 5.41) is 11.6. The number of ether oxygens (including phenoxy) is 1. The van der Waals surface area contributed by atoms with Gasteiger partial charge in [0.05, 0.1) is 11.8 Å². The topological polar surface area (TPSA) is 119 Å². The molecule has 6 rings (SSSR count). The van der Waals surface area contributed by atoms with Crippen molar-refractivity contribution in [1.82, 2.24) is 20.0 Å². The van der Waals surface area contributed by atoms with Gasteiger partial charge in [-0.3, -0.25) is 14.3 Å². The highest BCUT2D eigenvalue weighted by Gasteiger charge is 2.26. The third-order valence-electron chi connectivity index (χ3n) is 6.81. The second-order valence-corrected chi connectivity index (χ2v) is 9.20. The Balaban J connectivity index is 1.22. The summed E-state index contributed by atoms with van der Waals surface area (Å²) in [5.74, 6) is 1.76. The number of nitrogens with zero attached hydrogens (tertiary/aromatic N) is 4. The van der Waals surface area contributed by atoms with E-state index in [0.29, 0.717) is 36.1 Å². The van der Waals surface area contributed by atoms with Crippen LogP contribution in [0.1, 0.15) is 18.1 Å². The number of nitrogen functional groups attached to an aromatic ring is 1. The van der Waals surface area contributed by atoms with Gasteiger partial charge < -0.3 is 15.4 Å². The number of amides is 1. The van der Waals surface area contributed by atoms with Crippen molar-refractivity contribution in [2.24, 2.45) is 0 Å². The molecular weight excluding hydrogens is 480 g/mol. The van der Waals surface area contributed by atoms with Crippen molar-refractivity contribution >= 4 is 28.3 Å². The lowest BCUT2D eigenvalue weighted by Gasteiger charge is -2.18. The van der Waals surface area contributed by atoms with Crippen LogP contribution < -0.4 is 20.9 Å². The minimum absolute atomic E-state index is 0.0360. The maximum atomic E-state index is 13.2. The van der Waals surface area contributed by atoms with E-state index in [1.165, 1.54) is 0 Å². The number of hydrogen-bond acceptors (Lipinski definition) is 6. The fourth-order valence-electron chi connectivity index (χ4n) is 4.96. The van der Waals surface area contributed by atoms with Gasteiger partial charge in [-0.1, -0.05) is 36.4 Å². The number of hydrogen-bond donors (Lipinski definition) is 2. The summed E-state index contributed by atoms with van der Waals surface area (Å²) in [5.41, 5.74) is 10.5. The highest BCUT2D eigenvalue weighted by molar-refractivity contribution is 6.01. The van der Waals surface area contributed by atoms with Gasteiger partial charge in [0.15, 0.2) is 5.82 Å². The van der Waals surface area contributed by atoms with E-state index in [4.69, 9.17) is 10.5 Å². The minimum atomic E-state index is -0.326. The van der Waals surface area contributed by atoms with E-state index in [0.717, 1.165) is 40.3 Å². The van der Waals surface area contributed by atoms with Crippen LogP contribution in [0.5, 0.6) is 11.5 Å². The van der Waals surface area contributed by atoms with E-state index in [2.05, 4.69) is 15.3 Å². The third kappa shape index (κ3) is 4.17. The zero-order valence-electron chi connectivity index (χ0n) is 20.8. The quantitative estimate of drug-likeness (QED) is 0.354. The maximum Gasteiger partial charge on any atom is 0.290 e. The first-order valence-electron chi connectivity index (χ1n) is 12.5. The molecule has 0 fully saturated rings. The Morgan fingerprint density at radius 1 is 1.05 bits per heavy atom. The molecule has 0 spiro atoms. The second kappa shape index (κ2) is 9.51. The molecule has 1 aliphatic rings. The number of carbonyl (C=O) groups is 1. The summed E-state index contributed by atoms with van der Waals surface area (Å²) in [6.45, 7) is 3.05. The van der Waals surface area contributed by atoms with Crippen molar-refractivity contribution in [3.05, 3.63) is 94.3 Å². The Labute approximate surface area is 218 Å². The number of H-pyrrole nitrogens is 1. The van der Waals surface area contributed by atoms with Crippen molar-refractivity contribution in [2.45, 2.75) is 26.3 Å². The molecule has 1 amide bonds. The van der Waals surface area contributed by atoms with Gasteiger partial charge in [-0.15, -0.1) is 0 Å². The lowest BCUT2D eigenvalue weighted by atomic mass is 10.0. The molecule has 3 aromatic carbocycles. The molecule has 9 heteroatoms. The average molecular weight is 507 g/mol. The second-order valence-electron chi connectivity index (χ2n) is 9.20. The Morgan fingerprint density at radius 3 is 2.58 bits per heavy atom. The molecule has 2 aromatic heterocycles. The molecular formula is C29H26N6O3. The van der Waals surface area contributed by atoms with Gasteiger partial charge in [0, 0.05) is 24.3 Å².